The Kier molecular flexibility index (Phi) is 5.32. The highest BCUT2D eigenvalue weighted by Gasteiger charge is 2.19. The van der Waals surface area contributed by atoms with E-state index >= 15 is 0 Å². The Morgan fingerprint density at radius 2 is 2.24 bits per heavy atom. The summed E-state index contributed by atoms with van der Waals surface area (Å²) in [6, 6.07) is 3.17. The van der Waals surface area contributed by atoms with Gasteiger partial charge >= 0.3 is 0 Å². The van der Waals surface area contributed by atoms with Crippen LogP contribution in [0.4, 0.5) is 0 Å². The number of rotatable bonds is 5. The highest BCUT2D eigenvalue weighted by Crippen LogP contribution is 2.15. The van der Waals surface area contributed by atoms with Gasteiger partial charge in [-0.3, -0.25) is 9.59 Å². The molecule has 0 saturated carbocycles. The van der Waals surface area contributed by atoms with Crippen LogP contribution in [0.2, 0.25) is 0 Å². The van der Waals surface area contributed by atoms with E-state index in [-0.39, 0.29) is 35.4 Å². The quantitative estimate of drug-likeness (QED) is 0.779. The molecule has 21 heavy (non-hydrogen) atoms. The summed E-state index contributed by atoms with van der Waals surface area (Å²) < 4.78 is 26.4. The van der Waals surface area contributed by atoms with Crippen LogP contribution in [0.3, 0.4) is 0 Å². The fourth-order valence-corrected chi connectivity index (χ4v) is 4.02. The van der Waals surface area contributed by atoms with Crippen molar-refractivity contribution in [1.29, 1.82) is 0 Å². The Morgan fingerprint density at radius 3 is 2.95 bits per heavy atom. The van der Waals surface area contributed by atoms with Gasteiger partial charge in [-0.15, -0.1) is 11.3 Å². The van der Waals surface area contributed by atoms with E-state index < -0.39 is 10.0 Å². The third-order valence-corrected chi connectivity index (χ3v) is 5.91. The van der Waals surface area contributed by atoms with E-state index in [1.54, 1.807) is 16.3 Å². The molecule has 0 spiro atoms. The Labute approximate surface area is 127 Å². The normalized spacial score (nSPS) is 16.4. The largest absolute Gasteiger partial charge is 0.354 e. The Morgan fingerprint density at radius 1 is 1.43 bits per heavy atom. The summed E-state index contributed by atoms with van der Waals surface area (Å²) in [6.07, 6.45) is 0.367. The van der Waals surface area contributed by atoms with Crippen LogP contribution in [0.25, 0.3) is 0 Å². The molecule has 0 unspecified atom stereocenters. The lowest BCUT2D eigenvalue weighted by atomic mass is 10.3. The van der Waals surface area contributed by atoms with Gasteiger partial charge in [-0.05, 0) is 11.4 Å². The molecule has 1 saturated heterocycles. The molecule has 9 heteroatoms. The van der Waals surface area contributed by atoms with Gasteiger partial charge < -0.3 is 10.2 Å². The van der Waals surface area contributed by atoms with E-state index in [1.807, 2.05) is 0 Å². The molecule has 0 atom stereocenters. The van der Waals surface area contributed by atoms with Crippen LogP contribution in [0.1, 0.15) is 12.8 Å². The van der Waals surface area contributed by atoms with Crippen molar-refractivity contribution in [3.05, 3.63) is 17.5 Å². The van der Waals surface area contributed by atoms with Crippen LogP contribution >= 0.6 is 11.3 Å². The van der Waals surface area contributed by atoms with Crippen molar-refractivity contribution in [2.24, 2.45) is 0 Å². The number of carbonyl (C=O) groups excluding carboxylic acids is 2. The lowest BCUT2D eigenvalue weighted by Crippen LogP contribution is -2.36. The van der Waals surface area contributed by atoms with Crippen LogP contribution in [0.15, 0.2) is 21.7 Å². The van der Waals surface area contributed by atoms with E-state index in [0.29, 0.717) is 19.6 Å². The number of thiophene rings is 1. The highest BCUT2D eigenvalue weighted by atomic mass is 32.2. The zero-order chi connectivity index (χ0) is 15.3. The summed E-state index contributed by atoms with van der Waals surface area (Å²) in [5.74, 6) is -0.218. The second-order valence-corrected chi connectivity index (χ2v) is 7.50. The van der Waals surface area contributed by atoms with Crippen molar-refractivity contribution in [3.63, 3.8) is 0 Å². The van der Waals surface area contributed by atoms with Gasteiger partial charge in [-0.25, -0.2) is 13.1 Å². The van der Waals surface area contributed by atoms with Gasteiger partial charge in [0.25, 0.3) is 0 Å². The van der Waals surface area contributed by atoms with Crippen molar-refractivity contribution in [2.75, 3.05) is 26.2 Å². The minimum atomic E-state index is -3.53. The number of hydrogen-bond acceptors (Lipinski definition) is 5. The van der Waals surface area contributed by atoms with Crippen molar-refractivity contribution in [1.82, 2.24) is 14.9 Å². The third kappa shape index (κ3) is 4.51. The summed E-state index contributed by atoms with van der Waals surface area (Å²) in [5, 5.41) is 4.37. The Bertz CT molecular complexity index is 598. The first kappa shape index (κ1) is 15.9. The van der Waals surface area contributed by atoms with Gasteiger partial charge in [-0.1, -0.05) is 6.07 Å². The molecule has 0 bridgehead atoms. The average molecular weight is 331 g/mol. The molecule has 1 fully saturated rings. The van der Waals surface area contributed by atoms with Gasteiger partial charge in [0.1, 0.15) is 4.21 Å². The molecule has 7 nitrogen and oxygen atoms in total. The van der Waals surface area contributed by atoms with Crippen molar-refractivity contribution < 1.29 is 18.0 Å². The average Bonchev–Trinajstić information content (AvgIpc) is 2.89. The SMILES string of the molecule is O=C1CCN(C(=O)CCNS(=O)(=O)c2cccs2)CCN1. The molecular weight excluding hydrogens is 314 g/mol. The Hall–Kier alpha value is -1.45. The van der Waals surface area contributed by atoms with Gasteiger partial charge in [0.15, 0.2) is 0 Å². The van der Waals surface area contributed by atoms with Crippen LogP contribution in [0.5, 0.6) is 0 Å². The number of amides is 2. The van der Waals surface area contributed by atoms with Gasteiger partial charge in [0, 0.05) is 39.0 Å². The second kappa shape index (κ2) is 7.01. The monoisotopic (exact) mass is 331 g/mol. The predicted molar refractivity (Wildman–Crippen MR) is 78.3 cm³/mol. The summed E-state index contributed by atoms with van der Waals surface area (Å²) in [5.41, 5.74) is 0. The zero-order valence-electron chi connectivity index (χ0n) is 11.4. The Balaban J connectivity index is 1.80. The lowest BCUT2D eigenvalue weighted by molar-refractivity contribution is -0.130. The summed E-state index contributed by atoms with van der Waals surface area (Å²) >= 11 is 1.13. The fraction of sp³-hybridized carbons (Fsp3) is 0.500. The maximum Gasteiger partial charge on any atom is 0.250 e. The molecule has 2 amide bonds. The molecular formula is C12H17N3O4S2. The van der Waals surface area contributed by atoms with E-state index in [1.165, 1.54) is 6.07 Å². The van der Waals surface area contributed by atoms with Crippen LogP contribution in [-0.4, -0.2) is 51.3 Å². The highest BCUT2D eigenvalue weighted by molar-refractivity contribution is 7.91. The summed E-state index contributed by atoms with van der Waals surface area (Å²) in [4.78, 5) is 24.8. The smallest absolute Gasteiger partial charge is 0.250 e. The predicted octanol–water partition coefficient (Wildman–Crippen LogP) is -0.235. The van der Waals surface area contributed by atoms with E-state index in [0.717, 1.165) is 11.3 Å². The maximum atomic E-state index is 12.0. The summed E-state index contributed by atoms with van der Waals surface area (Å²) in [7, 11) is -3.53. The minimum Gasteiger partial charge on any atom is -0.354 e. The molecule has 2 N–H and O–H groups in total. The van der Waals surface area contributed by atoms with Crippen LogP contribution in [0, 0.1) is 0 Å². The molecule has 2 heterocycles. The van der Waals surface area contributed by atoms with Crippen molar-refractivity contribution >= 4 is 33.2 Å². The zero-order valence-corrected chi connectivity index (χ0v) is 13.0. The number of nitrogens with one attached hydrogen (secondary N) is 2. The maximum absolute atomic E-state index is 12.0. The second-order valence-electron chi connectivity index (χ2n) is 4.56. The molecule has 0 aliphatic carbocycles. The van der Waals surface area contributed by atoms with Crippen LogP contribution < -0.4 is 10.0 Å². The molecule has 1 aromatic heterocycles. The topological polar surface area (TPSA) is 95.6 Å². The summed E-state index contributed by atoms with van der Waals surface area (Å²) in [6.45, 7) is 1.33. The van der Waals surface area contributed by atoms with Gasteiger partial charge in [0.2, 0.25) is 21.8 Å². The molecule has 1 aliphatic heterocycles. The molecule has 0 radical (unpaired) electrons. The number of hydrogen-bond donors (Lipinski definition) is 2. The van der Waals surface area contributed by atoms with Crippen LogP contribution in [-0.2, 0) is 19.6 Å². The van der Waals surface area contributed by atoms with Crippen molar-refractivity contribution in [3.8, 4) is 0 Å². The molecule has 2 rings (SSSR count). The third-order valence-electron chi connectivity index (χ3n) is 3.06. The standard InChI is InChI=1S/C12H17N3O4S2/c16-10-4-7-15(8-6-13-10)11(17)3-5-14-21(18,19)12-2-1-9-20-12/h1-2,9,14H,3-8H2,(H,13,16). The number of sulfonamides is 1. The van der Waals surface area contributed by atoms with Gasteiger partial charge in [0.05, 0.1) is 0 Å². The lowest BCUT2D eigenvalue weighted by Gasteiger charge is -2.19. The minimum absolute atomic E-state index is 0.0525. The fourth-order valence-electron chi connectivity index (χ4n) is 1.95. The number of carbonyl (C=O) groups is 2. The van der Waals surface area contributed by atoms with E-state index in [9.17, 15) is 18.0 Å². The first-order valence-corrected chi connectivity index (χ1v) is 8.93. The van der Waals surface area contributed by atoms with Gasteiger partial charge in [-0.2, -0.15) is 0 Å². The van der Waals surface area contributed by atoms with E-state index in [2.05, 4.69) is 10.0 Å². The molecule has 0 aromatic carbocycles. The first-order valence-electron chi connectivity index (χ1n) is 6.57. The van der Waals surface area contributed by atoms with Crippen molar-refractivity contribution in [2.45, 2.75) is 17.1 Å². The molecule has 1 aliphatic rings. The molecule has 1 aromatic rings. The molecule has 116 valence electrons. The number of nitrogens with zero attached hydrogens (tertiary/aromatic N) is 1. The first-order chi connectivity index (χ1) is 9.99. The van der Waals surface area contributed by atoms with E-state index in [4.69, 9.17) is 0 Å².